The van der Waals surface area contributed by atoms with Crippen molar-refractivity contribution in [2.45, 2.75) is 24.7 Å². The SMILES string of the molecule is COc1ccc([C@H]2C[C@@H](C(F)(F)F)n3nc(-c4cnc(N5CCNCC5)nc4)cc3N2)cc1OC. The lowest BCUT2D eigenvalue weighted by Crippen LogP contribution is -2.44. The zero-order chi connectivity index (χ0) is 24.6. The molecule has 5 rings (SSSR count). The number of methoxy groups -OCH3 is 2. The fourth-order valence-corrected chi connectivity index (χ4v) is 4.48. The number of rotatable bonds is 5. The predicted molar refractivity (Wildman–Crippen MR) is 124 cm³/mol. The van der Waals surface area contributed by atoms with Gasteiger partial charge in [0.05, 0.1) is 26.0 Å². The summed E-state index contributed by atoms with van der Waals surface area (Å²) in [6.07, 6.45) is -1.48. The van der Waals surface area contributed by atoms with Crippen LogP contribution < -0.4 is 25.0 Å². The van der Waals surface area contributed by atoms with E-state index >= 15 is 0 Å². The lowest BCUT2D eigenvalue weighted by Gasteiger charge is -2.33. The molecule has 0 bridgehead atoms. The van der Waals surface area contributed by atoms with E-state index in [4.69, 9.17) is 9.47 Å². The van der Waals surface area contributed by atoms with Crippen molar-refractivity contribution in [3.63, 3.8) is 0 Å². The van der Waals surface area contributed by atoms with Gasteiger partial charge in [-0.3, -0.25) is 0 Å². The molecule has 3 aromatic rings. The van der Waals surface area contributed by atoms with Gasteiger partial charge in [0, 0.05) is 56.6 Å². The highest BCUT2D eigenvalue weighted by Gasteiger charge is 2.46. The van der Waals surface area contributed by atoms with Crippen molar-refractivity contribution in [3.05, 3.63) is 42.2 Å². The topological polar surface area (TPSA) is 89.4 Å². The van der Waals surface area contributed by atoms with E-state index in [9.17, 15) is 13.2 Å². The Balaban J connectivity index is 1.45. The standard InChI is InChI=1S/C23H26F3N7O2/c1-34-18-4-3-14(9-19(18)35-2)16-10-20(23(24,25)26)33-21(30-16)11-17(31-33)15-12-28-22(29-13-15)32-7-5-27-6-8-32/h3-4,9,11-13,16,20,27,30H,5-8,10H2,1-2H3/t16-,20+/m1/s1. The maximum Gasteiger partial charge on any atom is 0.410 e. The van der Waals surface area contributed by atoms with Gasteiger partial charge < -0.3 is 25.0 Å². The molecular weight excluding hydrogens is 463 g/mol. The van der Waals surface area contributed by atoms with Crippen LogP contribution in [0.2, 0.25) is 0 Å². The molecule has 9 nitrogen and oxygen atoms in total. The largest absolute Gasteiger partial charge is 0.493 e. The zero-order valence-corrected chi connectivity index (χ0v) is 19.3. The third-order valence-electron chi connectivity index (χ3n) is 6.33. The Morgan fingerprint density at radius 2 is 1.71 bits per heavy atom. The van der Waals surface area contributed by atoms with Crippen molar-refractivity contribution in [1.29, 1.82) is 0 Å². The number of nitrogens with zero attached hydrogens (tertiary/aromatic N) is 5. The fourth-order valence-electron chi connectivity index (χ4n) is 4.48. The molecular formula is C23H26F3N7O2. The second-order valence-electron chi connectivity index (χ2n) is 8.47. The van der Waals surface area contributed by atoms with Crippen molar-refractivity contribution in [2.75, 3.05) is 50.6 Å². The second-order valence-corrected chi connectivity index (χ2v) is 8.47. The van der Waals surface area contributed by atoms with E-state index in [-0.39, 0.29) is 12.2 Å². The zero-order valence-electron chi connectivity index (χ0n) is 19.3. The lowest BCUT2D eigenvalue weighted by atomic mass is 9.96. The first-order valence-electron chi connectivity index (χ1n) is 11.3. The number of aromatic nitrogens is 4. The summed E-state index contributed by atoms with van der Waals surface area (Å²) in [5.74, 6) is 1.84. The summed E-state index contributed by atoms with van der Waals surface area (Å²) in [6, 6.07) is 4.35. The normalized spacial score (nSPS) is 20.2. The number of ether oxygens (including phenoxy) is 2. The van der Waals surface area contributed by atoms with Crippen LogP contribution in [0.15, 0.2) is 36.7 Å². The number of benzene rings is 1. The second kappa shape index (κ2) is 9.25. The Bertz CT molecular complexity index is 1180. The summed E-state index contributed by atoms with van der Waals surface area (Å²) in [7, 11) is 3.00. The summed E-state index contributed by atoms with van der Waals surface area (Å²) in [5.41, 5.74) is 1.59. The average Bonchev–Trinajstić information content (AvgIpc) is 3.32. The van der Waals surface area contributed by atoms with Gasteiger partial charge in [-0.25, -0.2) is 14.6 Å². The molecule has 2 aromatic heterocycles. The number of anilines is 2. The van der Waals surface area contributed by atoms with Gasteiger partial charge in [-0.15, -0.1) is 0 Å². The van der Waals surface area contributed by atoms with Crippen molar-refractivity contribution in [1.82, 2.24) is 25.1 Å². The Hall–Kier alpha value is -3.54. The molecule has 2 N–H and O–H groups in total. The molecule has 2 aliphatic heterocycles. The maximum atomic E-state index is 14.1. The van der Waals surface area contributed by atoms with Gasteiger partial charge in [-0.05, 0) is 17.7 Å². The monoisotopic (exact) mass is 489 g/mol. The smallest absolute Gasteiger partial charge is 0.410 e. The summed E-state index contributed by atoms with van der Waals surface area (Å²) >= 11 is 0. The average molecular weight is 490 g/mol. The molecule has 4 heterocycles. The highest BCUT2D eigenvalue weighted by atomic mass is 19.4. The fraction of sp³-hybridized carbons (Fsp3) is 0.435. The molecule has 1 aromatic carbocycles. The van der Waals surface area contributed by atoms with Crippen molar-refractivity contribution in [2.24, 2.45) is 0 Å². The van der Waals surface area contributed by atoms with Gasteiger partial charge in [0.15, 0.2) is 17.5 Å². The minimum Gasteiger partial charge on any atom is -0.493 e. The van der Waals surface area contributed by atoms with Crippen LogP contribution >= 0.6 is 0 Å². The van der Waals surface area contributed by atoms with Crippen molar-refractivity contribution < 1.29 is 22.6 Å². The van der Waals surface area contributed by atoms with Crippen LogP contribution in [-0.4, -0.2) is 66.3 Å². The van der Waals surface area contributed by atoms with Crippen LogP contribution in [0.3, 0.4) is 0 Å². The first-order valence-corrected chi connectivity index (χ1v) is 11.3. The minimum atomic E-state index is -4.47. The van der Waals surface area contributed by atoms with Crippen LogP contribution in [-0.2, 0) is 0 Å². The molecule has 1 saturated heterocycles. The Morgan fingerprint density at radius 1 is 1.00 bits per heavy atom. The highest BCUT2D eigenvalue weighted by Crippen LogP contribution is 2.45. The van der Waals surface area contributed by atoms with Gasteiger partial charge in [-0.1, -0.05) is 6.07 Å². The Labute approximate surface area is 200 Å². The summed E-state index contributed by atoms with van der Waals surface area (Å²) in [6.45, 7) is 3.30. The van der Waals surface area contributed by atoms with Gasteiger partial charge in [-0.2, -0.15) is 18.3 Å². The molecule has 186 valence electrons. The van der Waals surface area contributed by atoms with Crippen LogP contribution in [0.25, 0.3) is 11.3 Å². The van der Waals surface area contributed by atoms with Gasteiger partial charge >= 0.3 is 6.18 Å². The molecule has 2 aliphatic rings. The number of hydrogen-bond acceptors (Lipinski definition) is 8. The lowest BCUT2D eigenvalue weighted by molar-refractivity contribution is -0.173. The number of piperazine rings is 1. The molecule has 35 heavy (non-hydrogen) atoms. The number of hydrogen-bond donors (Lipinski definition) is 2. The first-order chi connectivity index (χ1) is 16.9. The Morgan fingerprint density at radius 3 is 2.37 bits per heavy atom. The summed E-state index contributed by atoms with van der Waals surface area (Å²) in [5, 5.41) is 10.8. The molecule has 0 radical (unpaired) electrons. The molecule has 0 aliphatic carbocycles. The minimum absolute atomic E-state index is 0.217. The molecule has 0 unspecified atom stereocenters. The van der Waals surface area contributed by atoms with E-state index < -0.39 is 18.3 Å². The van der Waals surface area contributed by atoms with E-state index in [2.05, 4.69) is 30.6 Å². The third-order valence-corrected chi connectivity index (χ3v) is 6.33. The first kappa shape index (κ1) is 23.2. The molecule has 0 saturated carbocycles. The van der Waals surface area contributed by atoms with E-state index in [1.165, 1.54) is 14.2 Å². The van der Waals surface area contributed by atoms with Gasteiger partial charge in [0.25, 0.3) is 0 Å². The van der Waals surface area contributed by atoms with E-state index in [0.29, 0.717) is 34.3 Å². The van der Waals surface area contributed by atoms with Gasteiger partial charge in [0.2, 0.25) is 5.95 Å². The van der Waals surface area contributed by atoms with Crippen LogP contribution in [0.4, 0.5) is 24.9 Å². The van der Waals surface area contributed by atoms with Crippen LogP contribution in [0.1, 0.15) is 24.1 Å². The predicted octanol–water partition coefficient (Wildman–Crippen LogP) is 3.43. The van der Waals surface area contributed by atoms with Gasteiger partial charge in [0.1, 0.15) is 5.82 Å². The number of fused-ring (bicyclic) bond motifs is 1. The number of alkyl halides is 3. The van der Waals surface area contributed by atoms with E-state index in [1.54, 1.807) is 36.7 Å². The molecule has 1 fully saturated rings. The van der Waals surface area contributed by atoms with Crippen LogP contribution in [0.5, 0.6) is 11.5 Å². The van der Waals surface area contributed by atoms with Crippen LogP contribution in [0, 0.1) is 0 Å². The molecule has 0 amide bonds. The summed E-state index contributed by atoms with van der Waals surface area (Å²) in [4.78, 5) is 10.9. The quantitative estimate of drug-likeness (QED) is 0.564. The Kier molecular flexibility index (Phi) is 6.13. The van der Waals surface area contributed by atoms with E-state index in [0.717, 1.165) is 30.9 Å². The van der Waals surface area contributed by atoms with Crippen molar-refractivity contribution >= 4 is 11.8 Å². The number of nitrogens with one attached hydrogen (secondary N) is 2. The molecule has 0 spiro atoms. The third kappa shape index (κ3) is 4.57. The van der Waals surface area contributed by atoms with E-state index in [1.807, 2.05) is 0 Å². The van der Waals surface area contributed by atoms with Crippen molar-refractivity contribution in [3.8, 4) is 22.8 Å². The number of halogens is 3. The molecule has 12 heteroatoms. The highest BCUT2D eigenvalue weighted by molar-refractivity contribution is 5.63. The maximum absolute atomic E-state index is 14.1. The molecule has 2 atom stereocenters. The summed E-state index contributed by atoms with van der Waals surface area (Å²) < 4.78 is 53.8.